The summed E-state index contributed by atoms with van der Waals surface area (Å²) >= 11 is 0. The number of hydrogen-bond acceptors (Lipinski definition) is 2. The lowest BCUT2D eigenvalue weighted by Gasteiger charge is -2.04. The van der Waals surface area contributed by atoms with Crippen molar-refractivity contribution < 1.29 is 9.53 Å². The van der Waals surface area contributed by atoms with Gasteiger partial charge in [0.2, 0.25) is 0 Å². The molecule has 1 fully saturated rings. The number of ether oxygens (including phenoxy) is 1. The smallest absolute Gasteiger partial charge is 0.305 e. The molecule has 0 amide bonds. The van der Waals surface area contributed by atoms with Crippen molar-refractivity contribution in [2.45, 2.75) is 96.8 Å². The zero-order valence-electron chi connectivity index (χ0n) is 13.5. The molecule has 1 saturated carbocycles. The summed E-state index contributed by atoms with van der Waals surface area (Å²) in [6.45, 7) is 2.90. The minimum Gasteiger partial charge on any atom is -0.466 e. The molecule has 0 aliphatic heterocycles. The highest BCUT2D eigenvalue weighted by Crippen LogP contribution is 2.33. The molecule has 0 heterocycles. The second-order valence-corrected chi connectivity index (χ2v) is 6.38. The van der Waals surface area contributed by atoms with Crippen LogP contribution in [0.25, 0.3) is 0 Å². The lowest BCUT2D eigenvalue weighted by molar-refractivity contribution is -0.143. The van der Waals surface area contributed by atoms with Crippen LogP contribution in [-0.2, 0) is 9.53 Å². The maximum atomic E-state index is 11.5. The molecule has 118 valence electrons. The first-order valence-corrected chi connectivity index (χ1v) is 8.98. The van der Waals surface area contributed by atoms with Gasteiger partial charge >= 0.3 is 5.97 Å². The van der Waals surface area contributed by atoms with Gasteiger partial charge in [-0.15, -0.1) is 0 Å². The fourth-order valence-corrected chi connectivity index (χ4v) is 2.62. The fourth-order valence-electron chi connectivity index (χ4n) is 2.62. The van der Waals surface area contributed by atoms with E-state index < -0.39 is 0 Å². The SMILES string of the molecule is CCCCCCCCCCCC(=O)OCCCC1CC1. The van der Waals surface area contributed by atoms with E-state index in [1.807, 2.05) is 0 Å². The molecule has 1 aliphatic rings. The Labute approximate surface area is 125 Å². The van der Waals surface area contributed by atoms with E-state index in [1.165, 1.54) is 70.6 Å². The Morgan fingerprint density at radius 3 is 2.10 bits per heavy atom. The Kier molecular flexibility index (Phi) is 10.7. The summed E-state index contributed by atoms with van der Waals surface area (Å²) in [7, 11) is 0. The van der Waals surface area contributed by atoms with Crippen molar-refractivity contribution in [3.63, 3.8) is 0 Å². The van der Waals surface area contributed by atoms with Gasteiger partial charge in [0.25, 0.3) is 0 Å². The van der Waals surface area contributed by atoms with Crippen molar-refractivity contribution >= 4 is 5.97 Å². The molecule has 0 atom stereocenters. The molecule has 1 rings (SSSR count). The second kappa shape index (κ2) is 12.2. The highest BCUT2D eigenvalue weighted by atomic mass is 16.5. The maximum absolute atomic E-state index is 11.5. The first-order valence-electron chi connectivity index (χ1n) is 8.98. The van der Waals surface area contributed by atoms with Gasteiger partial charge in [0.05, 0.1) is 6.61 Å². The van der Waals surface area contributed by atoms with Crippen LogP contribution in [0.4, 0.5) is 0 Å². The molecule has 0 aromatic carbocycles. The number of carbonyl (C=O) groups is 1. The van der Waals surface area contributed by atoms with E-state index >= 15 is 0 Å². The molecular formula is C18H34O2. The molecule has 0 saturated heterocycles. The lowest BCUT2D eigenvalue weighted by atomic mass is 10.1. The molecule has 20 heavy (non-hydrogen) atoms. The topological polar surface area (TPSA) is 26.3 Å². The van der Waals surface area contributed by atoms with E-state index in [0.717, 1.165) is 18.8 Å². The number of carbonyl (C=O) groups excluding carboxylic acids is 1. The molecule has 0 N–H and O–H groups in total. The molecular weight excluding hydrogens is 248 g/mol. The third-order valence-electron chi connectivity index (χ3n) is 4.20. The largest absolute Gasteiger partial charge is 0.466 e. The summed E-state index contributed by atoms with van der Waals surface area (Å²) in [4.78, 5) is 11.5. The van der Waals surface area contributed by atoms with Gasteiger partial charge in [0.1, 0.15) is 0 Å². The van der Waals surface area contributed by atoms with Crippen LogP contribution in [0.1, 0.15) is 96.8 Å². The van der Waals surface area contributed by atoms with Crippen molar-refractivity contribution in [3.05, 3.63) is 0 Å². The fraction of sp³-hybridized carbons (Fsp3) is 0.944. The van der Waals surface area contributed by atoms with Crippen molar-refractivity contribution in [1.82, 2.24) is 0 Å². The highest BCUT2D eigenvalue weighted by molar-refractivity contribution is 5.69. The standard InChI is InChI=1S/C18H34O2/c1-2-3-4-5-6-7-8-9-10-13-18(19)20-16-11-12-17-14-15-17/h17H,2-16H2,1H3. The quantitative estimate of drug-likeness (QED) is 0.304. The van der Waals surface area contributed by atoms with Crippen LogP contribution >= 0.6 is 0 Å². The third-order valence-corrected chi connectivity index (χ3v) is 4.20. The summed E-state index contributed by atoms with van der Waals surface area (Å²) in [5.41, 5.74) is 0. The van der Waals surface area contributed by atoms with Gasteiger partial charge in [-0.2, -0.15) is 0 Å². The first kappa shape index (κ1) is 17.5. The van der Waals surface area contributed by atoms with Crippen LogP contribution in [0.5, 0.6) is 0 Å². The summed E-state index contributed by atoms with van der Waals surface area (Å²) in [5.74, 6) is 0.967. The van der Waals surface area contributed by atoms with E-state index in [1.54, 1.807) is 0 Å². The number of rotatable bonds is 14. The third kappa shape index (κ3) is 11.3. The molecule has 1 aliphatic carbocycles. The van der Waals surface area contributed by atoms with Crippen LogP contribution in [0, 0.1) is 5.92 Å². The van der Waals surface area contributed by atoms with Crippen LogP contribution < -0.4 is 0 Å². The number of esters is 1. The van der Waals surface area contributed by atoms with Crippen molar-refractivity contribution in [3.8, 4) is 0 Å². The van der Waals surface area contributed by atoms with E-state index in [2.05, 4.69) is 6.92 Å². The van der Waals surface area contributed by atoms with Crippen LogP contribution in [0.15, 0.2) is 0 Å². The van der Waals surface area contributed by atoms with E-state index in [4.69, 9.17) is 4.74 Å². The summed E-state index contributed by atoms with van der Waals surface area (Å²) in [5, 5.41) is 0. The second-order valence-electron chi connectivity index (χ2n) is 6.38. The van der Waals surface area contributed by atoms with Gasteiger partial charge in [0.15, 0.2) is 0 Å². The molecule has 0 bridgehead atoms. The van der Waals surface area contributed by atoms with Gasteiger partial charge in [-0.05, 0) is 25.2 Å². The summed E-state index contributed by atoms with van der Waals surface area (Å²) in [6, 6.07) is 0. The molecule has 0 spiro atoms. The lowest BCUT2D eigenvalue weighted by Crippen LogP contribution is -2.05. The average molecular weight is 282 g/mol. The molecule has 0 radical (unpaired) electrons. The summed E-state index contributed by atoms with van der Waals surface area (Å²) in [6.07, 6.45) is 17.4. The van der Waals surface area contributed by atoms with Gasteiger partial charge in [-0.25, -0.2) is 0 Å². The summed E-state index contributed by atoms with van der Waals surface area (Å²) < 4.78 is 5.25. The highest BCUT2D eigenvalue weighted by Gasteiger charge is 2.20. The molecule has 2 nitrogen and oxygen atoms in total. The Hall–Kier alpha value is -0.530. The Bertz CT molecular complexity index is 234. The number of unbranched alkanes of at least 4 members (excludes halogenated alkanes) is 8. The van der Waals surface area contributed by atoms with E-state index in [-0.39, 0.29) is 5.97 Å². The van der Waals surface area contributed by atoms with Gasteiger partial charge in [0, 0.05) is 6.42 Å². The molecule has 2 heteroatoms. The molecule has 0 aromatic rings. The first-order chi connectivity index (χ1) is 9.83. The Morgan fingerprint density at radius 2 is 1.50 bits per heavy atom. The Morgan fingerprint density at radius 1 is 0.900 bits per heavy atom. The van der Waals surface area contributed by atoms with Gasteiger partial charge < -0.3 is 4.74 Å². The van der Waals surface area contributed by atoms with Crippen LogP contribution in [0.3, 0.4) is 0 Å². The zero-order valence-corrected chi connectivity index (χ0v) is 13.5. The van der Waals surface area contributed by atoms with E-state index in [0.29, 0.717) is 13.0 Å². The minimum atomic E-state index is 0.0174. The van der Waals surface area contributed by atoms with Gasteiger partial charge in [-0.1, -0.05) is 71.1 Å². The van der Waals surface area contributed by atoms with Gasteiger partial charge in [-0.3, -0.25) is 4.79 Å². The Balaban J connectivity index is 1.72. The number of hydrogen-bond donors (Lipinski definition) is 0. The van der Waals surface area contributed by atoms with Crippen molar-refractivity contribution in [2.75, 3.05) is 6.61 Å². The molecule has 0 aromatic heterocycles. The van der Waals surface area contributed by atoms with Crippen molar-refractivity contribution in [1.29, 1.82) is 0 Å². The van der Waals surface area contributed by atoms with Crippen molar-refractivity contribution in [2.24, 2.45) is 5.92 Å². The van der Waals surface area contributed by atoms with Crippen LogP contribution in [0.2, 0.25) is 0 Å². The normalized spacial score (nSPS) is 14.4. The minimum absolute atomic E-state index is 0.0174. The zero-order chi connectivity index (χ0) is 14.5. The maximum Gasteiger partial charge on any atom is 0.305 e. The predicted octanol–water partition coefficient (Wildman–Crippen LogP) is 5.64. The van der Waals surface area contributed by atoms with E-state index in [9.17, 15) is 4.79 Å². The average Bonchev–Trinajstić information content (AvgIpc) is 3.26. The molecule has 0 unspecified atom stereocenters. The monoisotopic (exact) mass is 282 g/mol. The predicted molar refractivity (Wildman–Crippen MR) is 84.8 cm³/mol. The van der Waals surface area contributed by atoms with Crippen LogP contribution in [-0.4, -0.2) is 12.6 Å².